The molecule has 0 aliphatic carbocycles. The average molecular weight is 585 g/mol. The second kappa shape index (κ2) is 11.0. The number of hydrogen-bond donors (Lipinski definition) is 0. The summed E-state index contributed by atoms with van der Waals surface area (Å²) in [5.41, 5.74) is 8.50. The number of fused-ring (bicyclic) bond motifs is 3. The molecule has 0 aliphatic heterocycles. The van der Waals surface area contributed by atoms with Crippen LogP contribution in [0.5, 0.6) is 0 Å². The van der Waals surface area contributed by atoms with Crippen molar-refractivity contribution < 1.29 is 4.39 Å². The average Bonchev–Trinajstić information content (AvgIpc) is 3.47. The molecule has 2 nitrogen and oxygen atoms in total. The van der Waals surface area contributed by atoms with Gasteiger partial charge >= 0.3 is 0 Å². The van der Waals surface area contributed by atoms with Crippen molar-refractivity contribution in [3.63, 3.8) is 0 Å². The number of halogens is 1. The number of thiophene rings is 1. The van der Waals surface area contributed by atoms with Crippen LogP contribution in [0.15, 0.2) is 152 Å². The van der Waals surface area contributed by atoms with Crippen LogP contribution in [-0.2, 0) is 0 Å². The van der Waals surface area contributed by atoms with Crippen molar-refractivity contribution >= 4 is 31.5 Å². The van der Waals surface area contributed by atoms with E-state index in [2.05, 4.69) is 84.9 Å². The van der Waals surface area contributed by atoms with Crippen LogP contribution in [0.1, 0.15) is 0 Å². The van der Waals surface area contributed by atoms with Gasteiger partial charge in [0.25, 0.3) is 0 Å². The molecule has 0 radical (unpaired) electrons. The lowest BCUT2D eigenvalue weighted by Gasteiger charge is -2.13. The summed E-state index contributed by atoms with van der Waals surface area (Å²) in [5, 5.41) is 2.54. The fourth-order valence-electron chi connectivity index (χ4n) is 5.75. The lowest BCUT2D eigenvalue weighted by atomic mass is 9.94. The van der Waals surface area contributed by atoms with Gasteiger partial charge in [-0.15, -0.1) is 11.3 Å². The third kappa shape index (κ3) is 4.96. The summed E-state index contributed by atoms with van der Waals surface area (Å²) in [6.45, 7) is 0. The second-order valence-corrected chi connectivity index (χ2v) is 11.9. The van der Waals surface area contributed by atoms with Crippen LogP contribution in [0.4, 0.5) is 4.39 Å². The first-order valence-corrected chi connectivity index (χ1v) is 15.3. The maximum atomic E-state index is 14.3. The molecule has 0 spiro atoms. The van der Waals surface area contributed by atoms with Crippen molar-refractivity contribution in [3.05, 3.63) is 157 Å². The zero-order chi connectivity index (χ0) is 29.5. The summed E-state index contributed by atoms with van der Waals surface area (Å²) in [5.74, 6) is 0.300. The Morgan fingerprint density at radius 1 is 0.386 bits per heavy atom. The van der Waals surface area contributed by atoms with Gasteiger partial charge in [-0.05, 0) is 76.9 Å². The predicted molar refractivity (Wildman–Crippen MR) is 182 cm³/mol. The molecule has 0 aliphatic rings. The van der Waals surface area contributed by atoms with Gasteiger partial charge in [0.15, 0.2) is 5.82 Å². The van der Waals surface area contributed by atoms with E-state index in [0.29, 0.717) is 17.1 Å². The smallest absolute Gasteiger partial charge is 0.160 e. The highest BCUT2D eigenvalue weighted by Gasteiger charge is 2.15. The molecule has 2 heterocycles. The molecule has 8 aromatic rings. The van der Waals surface area contributed by atoms with Gasteiger partial charge in [-0.2, -0.15) is 0 Å². The number of hydrogen-bond acceptors (Lipinski definition) is 3. The first kappa shape index (κ1) is 26.2. The second-order valence-electron chi connectivity index (χ2n) is 10.8. The Morgan fingerprint density at radius 3 is 1.77 bits per heavy atom. The van der Waals surface area contributed by atoms with Crippen LogP contribution < -0.4 is 0 Å². The molecule has 0 saturated carbocycles. The summed E-state index contributed by atoms with van der Waals surface area (Å²) in [6, 6.07) is 50.8. The predicted octanol–water partition coefficient (Wildman–Crippen LogP) is 11.3. The van der Waals surface area contributed by atoms with E-state index in [0.717, 1.165) is 39.1 Å². The van der Waals surface area contributed by atoms with E-state index < -0.39 is 0 Å². The number of aromatic nitrogens is 2. The van der Waals surface area contributed by atoms with Gasteiger partial charge in [0.05, 0.1) is 11.4 Å². The molecule has 0 bridgehead atoms. The van der Waals surface area contributed by atoms with Crippen LogP contribution in [0, 0.1) is 5.82 Å². The first-order valence-electron chi connectivity index (χ1n) is 14.5. The molecule has 0 amide bonds. The molecule has 208 valence electrons. The van der Waals surface area contributed by atoms with Gasteiger partial charge in [-0.3, -0.25) is 0 Å². The lowest BCUT2D eigenvalue weighted by molar-refractivity contribution is 0.628. The van der Waals surface area contributed by atoms with E-state index in [1.54, 1.807) is 6.07 Å². The molecule has 44 heavy (non-hydrogen) atoms. The molecular weight excluding hydrogens is 560 g/mol. The van der Waals surface area contributed by atoms with E-state index in [1.165, 1.54) is 32.3 Å². The van der Waals surface area contributed by atoms with E-state index in [1.807, 2.05) is 59.9 Å². The Balaban J connectivity index is 1.35. The maximum Gasteiger partial charge on any atom is 0.160 e. The van der Waals surface area contributed by atoms with Crippen molar-refractivity contribution in [2.75, 3.05) is 0 Å². The zero-order valence-electron chi connectivity index (χ0n) is 23.6. The molecule has 0 saturated heterocycles. The van der Waals surface area contributed by atoms with Gasteiger partial charge < -0.3 is 0 Å². The van der Waals surface area contributed by atoms with Crippen LogP contribution in [0.3, 0.4) is 0 Å². The number of nitrogens with zero attached hydrogens (tertiary/aromatic N) is 2. The fourth-order valence-corrected chi connectivity index (χ4v) is 6.84. The van der Waals surface area contributed by atoms with Gasteiger partial charge in [-0.1, -0.05) is 97.1 Å². The van der Waals surface area contributed by atoms with Gasteiger partial charge in [-0.25, -0.2) is 14.4 Å². The van der Waals surface area contributed by atoms with E-state index in [9.17, 15) is 4.39 Å². The van der Waals surface area contributed by atoms with Crippen molar-refractivity contribution in [3.8, 4) is 56.2 Å². The molecule has 8 rings (SSSR count). The molecule has 2 aromatic heterocycles. The minimum absolute atomic E-state index is 0.298. The van der Waals surface area contributed by atoms with Gasteiger partial charge in [0, 0.05) is 36.9 Å². The van der Waals surface area contributed by atoms with E-state index in [-0.39, 0.29) is 5.82 Å². The SMILES string of the molecule is Fc1cccc(-c2cc(-c3cc(-c4ccccc4)cc(-c4ccc5sc6ccccc6c5c4)c3)nc(-c3ccccc3)n2)c1. The van der Waals surface area contributed by atoms with Crippen LogP contribution >= 0.6 is 11.3 Å². The summed E-state index contributed by atoms with van der Waals surface area (Å²) < 4.78 is 16.9. The highest BCUT2D eigenvalue weighted by molar-refractivity contribution is 7.25. The fraction of sp³-hybridized carbons (Fsp3) is 0. The number of rotatable bonds is 5. The number of benzene rings is 6. The summed E-state index contributed by atoms with van der Waals surface area (Å²) in [7, 11) is 0. The Morgan fingerprint density at radius 2 is 1.00 bits per heavy atom. The van der Waals surface area contributed by atoms with Crippen molar-refractivity contribution in [2.45, 2.75) is 0 Å². The Bertz CT molecular complexity index is 2290. The maximum absolute atomic E-state index is 14.3. The zero-order valence-corrected chi connectivity index (χ0v) is 24.4. The molecule has 0 N–H and O–H groups in total. The van der Waals surface area contributed by atoms with Crippen molar-refractivity contribution in [2.24, 2.45) is 0 Å². The minimum Gasteiger partial charge on any atom is -0.228 e. The largest absolute Gasteiger partial charge is 0.228 e. The summed E-state index contributed by atoms with van der Waals surface area (Å²) in [4.78, 5) is 9.95. The molecule has 0 unspecified atom stereocenters. The quantitative estimate of drug-likeness (QED) is 0.201. The summed E-state index contributed by atoms with van der Waals surface area (Å²) >= 11 is 1.82. The van der Waals surface area contributed by atoms with Crippen molar-refractivity contribution in [1.29, 1.82) is 0 Å². The molecule has 0 atom stereocenters. The first-order chi connectivity index (χ1) is 21.7. The third-order valence-corrected chi connectivity index (χ3v) is 9.08. The summed E-state index contributed by atoms with van der Waals surface area (Å²) in [6.07, 6.45) is 0. The molecule has 6 aromatic carbocycles. The Hall–Kier alpha value is -5.45. The van der Waals surface area contributed by atoms with E-state index >= 15 is 0 Å². The lowest BCUT2D eigenvalue weighted by Crippen LogP contribution is -1.96. The van der Waals surface area contributed by atoms with Gasteiger partial charge in [0.2, 0.25) is 0 Å². The van der Waals surface area contributed by atoms with Gasteiger partial charge in [0.1, 0.15) is 5.82 Å². The Kier molecular flexibility index (Phi) is 6.55. The van der Waals surface area contributed by atoms with Crippen LogP contribution in [0.2, 0.25) is 0 Å². The monoisotopic (exact) mass is 584 g/mol. The van der Waals surface area contributed by atoms with Crippen molar-refractivity contribution in [1.82, 2.24) is 9.97 Å². The topological polar surface area (TPSA) is 25.8 Å². The molecule has 0 fully saturated rings. The standard InChI is InChI=1S/C40H25FN2S/c41-33-15-9-14-29(23-33)36-25-37(43-40(42-36)27-12-5-2-6-13-27)32-21-30(26-10-3-1-4-11-26)20-31(22-32)28-18-19-39-35(24-28)34-16-7-8-17-38(34)44-39/h1-25H. The van der Waals surface area contributed by atoms with Crippen LogP contribution in [0.25, 0.3) is 76.3 Å². The van der Waals surface area contributed by atoms with E-state index in [4.69, 9.17) is 9.97 Å². The third-order valence-electron chi connectivity index (χ3n) is 7.92. The van der Waals surface area contributed by atoms with Crippen LogP contribution in [-0.4, -0.2) is 9.97 Å². The normalized spacial score (nSPS) is 11.3. The Labute approximate surface area is 258 Å². The molecular formula is C40H25FN2S. The highest BCUT2D eigenvalue weighted by Crippen LogP contribution is 2.39. The minimum atomic E-state index is -0.298. The molecule has 4 heteroatoms. The highest BCUT2D eigenvalue weighted by atomic mass is 32.1.